The molecule has 2 aromatic rings. The Hall–Kier alpha value is -1.64. The van der Waals surface area contributed by atoms with Gasteiger partial charge in [0.1, 0.15) is 0 Å². The van der Waals surface area contributed by atoms with Gasteiger partial charge in [-0.2, -0.15) is 0 Å². The molecule has 0 aliphatic heterocycles. The van der Waals surface area contributed by atoms with Crippen molar-refractivity contribution >= 4 is 0 Å². The normalized spacial score (nSPS) is 14.3. The summed E-state index contributed by atoms with van der Waals surface area (Å²) >= 11 is 0. The van der Waals surface area contributed by atoms with Crippen molar-refractivity contribution in [2.45, 2.75) is 59.8 Å². The van der Waals surface area contributed by atoms with Gasteiger partial charge < -0.3 is 10.6 Å². The lowest BCUT2D eigenvalue weighted by Crippen LogP contribution is -2.46. The maximum Gasteiger partial charge on any atom is 0.0463 e. The number of benzene rings is 2. The molecule has 0 aromatic heterocycles. The summed E-state index contributed by atoms with van der Waals surface area (Å²) in [5.41, 5.74) is 11.4. The Kier molecular flexibility index (Phi) is 6.08. The van der Waals surface area contributed by atoms with Crippen molar-refractivity contribution in [2.24, 2.45) is 0 Å². The summed E-state index contributed by atoms with van der Waals surface area (Å²) in [5.74, 6) is 0. The molecule has 2 aromatic carbocycles. The van der Waals surface area contributed by atoms with Gasteiger partial charge in [0.25, 0.3) is 0 Å². The van der Waals surface area contributed by atoms with Crippen molar-refractivity contribution in [3.63, 3.8) is 0 Å². The molecule has 0 fully saturated rings. The first-order valence-electron chi connectivity index (χ1n) is 10.6. The van der Waals surface area contributed by atoms with Gasteiger partial charge in [0.15, 0.2) is 0 Å². The van der Waals surface area contributed by atoms with Crippen LogP contribution in [0.4, 0.5) is 0 Å². The second-order valence-electron chi connectivity index (χ2n) is 8.40. The number of rotatable bonds is 8. The molecule has 2 nitrogen and oxygen atoms in total. The molecule has 0 radical (unpaired) electrons. The summed E-state index contributed by atoms with van der Waals surface area (Å²) < 4.78 is 0. The Morgan fingerprint density at radius 3 is 1.37 bits per heavy atom. The minimum absolute atomic E-state index is 0.00588. The predicted octanol–water partition coefficient (Wildman–Crippen LogP) is 5.19. The zero-order chi connectivity index (χ0) is 19.6. The Labute approximate surface area is 165 Å². The average molecular weight is 365 g/mol. The molecule has 0 unspecified atom stereocenters. The maximum atomic E-state index is 3.75. The van der Waals surface area contributed by atoms with Gasteiger partial charge in [-0.3, -0.25) is 0 Å². The highest BCUT2D eigenvalue weighted by Gasteiger charge is 2.43. The average Bonchev–Trinajstić information content (AvgIpc) is 2.86. The van der Waals surface area contributed by atoms with Gasteiger partial charge in [-0.05, 0) is 98.1 Å². The van der Waals surface area contributed by atoms with Gasteiger partial charge in [-0.25, -0.2) is 0 Å². The van der Waals surface area contributed by atoms with Crippen molar-refractivity contribution in [1.29, 1.82) is 0 Å². The van der Waals surface area contributed by atoms with Crippen molar-refractivity contribution in [3.8, 4) is 11.1 Å². The molecule has 146 valence electrons. The molecule has 2 N–H and O–H groups in total. The molecule has 0 spiro atoms. The lowest BCUT2D eigenvalue weighted by atomic mass is 9.76. The molecule has 0 atom stereocenters. The predicted molar refractivity (Wildman–Crippen MR) is 118 cm³/mol. The SMILES string of the molecule is CCCNCC1(CNCCC)c2cc(C)c(C)cc2-c2cc(C)c(C)cc21. The molecule has 1 aliphatic carbocycles. The summed E-state index contributed by atoms with van der Waals surface area (Å²) in [6.45, 7) is 17.6. The lowest BCUT2D eigenvalue weighted by Gasteiger charge is -2.34. The number of fused-ring (bicyclic) bond motifs is 3. The van der Waals surface area contributed by atoms with Crippen molar-refractivity contribution in [1.82, 2.24) is 10.6 Å². The van der Waals surface area contributed by atoms with E-state index in [4.69, 9.17) is 0 Å². The first-order valence-corrected chi connectivity index (χ1v) is 10.6. The van der Waals surface area contributed by atoms with Crippen LogP contribution in [0.1, 0.15) is 60.1 Å². The molecule has 27 heavy (non-hydrogen) atoms. The zero-order valence-electron chi connectivity index (χ0n) is 18.1. The van der Waals surface area contributed by atoms with Crippen LogP contribution in [0.15, 0.2) is 24.3 Å². The second-order valence-corrected chi connectivity index (χ2v) is 8.40. The number of hydrogen-bond acceptors (Lipinski definition) is 2. The highest BCUT2D eigenvalue weighted by Crippen LogP contribution is 2.50. The Bertz CT molecular complexity index is 750. The van der Waals surface area contributed by atoms with Crippen LogP contribution in [-0.4, -0.2) is 26.2 Å². The number of aryl methyl sites for hydroxylation is 4. The topological polar surface area (TPSA) is 24.1 Å². The first kappa shape index (κ1) is 20.1. The third kappa shape index (κ3) is 3.58. The van der Waals surface area contributed by atoms with Crippen molar-refractivity contribution in [2.75, 3.05) is 26.2 Å². The molecule has 0 amide bonds. The van der Waals surface area contributed by atoms with Gasteiger partial charge in [-0.15, -0.1) is 0 Å². The van der Waals surface area contributed by atoms with Gasteiger partial charge in [0, 0.05) is 18.5 Å². The number of nitrogens with one attached hydrogen (secondary N) is 2. The molecule has 0 bridgehead atoms. The van der Waals surface area contributed by atoms with Gasteiger partial charge >= 0.3 is 0 Å². The highest BCUT2D eigenvalue weighted by molar-refractivity contribution is 5.83. The minimum Gasteiger partial charge on any atom is -0.315 e. The summed E-state index contributed by atoms with van der Waals surface area (Å²) in [6.07, 6.45) is 2.33. The van der Waals surface area contributed by atoms with E-state index in [0.29, 0.717) is 0 Å². The van der Waals surface area contributed by atoms with Crippen LogP contribution in [0.2, 0.25) is 0 Å². The maximum absolute atomic E-state index is 3.75. The van der Waals surface area contributed by atoms with Crippen LogP contribution in [0.25, 0.3) is 11.1 Å². The van der Waals surface area contributed by atoms with E-state index in [1.54, 1.807) is 0 Å². The van der Waals surface area contributed by atoms with Crippen LogP contribution in [0, 0.1) is 27.7 Å². The summed E-state index contributed by atoms with van der Waals surface area (Å²) in [6, 6.07) is 9.74. The van der Waals surface area contributed by atoms with E-state index in [1.807, 2.05) is 0 Å². The van der Waals surface area contributed by atoms with E-state index in [1.165, 1.54) is 44.5 Å². The van der Waals surface area contributed by atoms with Crippen LogP contribution < -0.4 is 10.6 Å². The standard InChI is InChI=1S/C25H36N2/c1-7-9-26-15-25(16-27-10-8-2)23-13-19(5)17(3)11-21(23)22-12-18(4)20(6)14-24(22)25/h11-14,26-27H,7-10,15-16H2,1-6H3. The minimum atomic E-state index is 0.00588. The monoisotopic (exact) mass is 364 g/mol. The third-order valence-corrected chi connectivity index (χ3v) is 6.30. The fourth-order valence-electron chi connectivity index (χ4n) is 4.42. The first-order chi connectivity index (χ1) is 12.9. The summed E-state index contributed by atoms with van der Waals surface area (Å²) in [5, 5.41) is 7.51. The van der Waals surface area contributed by atoms with Crippen LogP contribution in [-0.2, 0) is 5.41 Å². The van der Waals surface area contributed by atoms with Crippen LogP contribution in [0.5, 0.6) is 0 Å². The molecular formula is C25H36N2. The fourth-order valence-corrected chi connectivity index (χ4v) is 4.42. The lowest BCUT2D eigenvalue weighted by molar-refractivity contribution is 0.438. The van der Waals surface area contributed by atoms with Gasteiger partial charge in [0.2, 0.25) is 0 Å². The zero-order valence-corrected chi connectivity index (χ0v) is 18.1. The van der Waals surface area contributed by atoms with E-state index in [0.717, 1.165) is 39.0 Å². The quantitative estimate of drug-likeness (QED) is 0.630. The fraction of sp³-hybridized carbons (Fsp3) is 0.520. The molecule has 1 aliphatic rings. The van der Waals surface area contributed by atoms with Gasteiger partial charge in [-0.1, -0.05) is 38.1 Å². The smallest absolute Gasteiger partial charge is 0.0463 e. The van der Waals surface area contributed by atoms with E-state index < -0.39 is 0 Å². The molecule has 0 saturated heterocycles. The Balaban J connectivity index is 2.21. The Morgan fingerprint density at radius 2 is 1.00 bits per heavy atom. The molecule has 0 saturated carbocycles. The second kappa shape index (κ2) is 8.16. The van der Waals surface area contributed by atoms with Crippen LogP contribution in [0.3, 0.4) is 0 Å². The number of hydrogen-bond donors (Lipinski definition) is 2. The Morgan fingerprint density at radius 1 is 0.630 bits per heavy atom. The van der Waals surface area contributed by atoms with E-state index in [-0.39, 0.29) is 5.41 Å². The van der Waals surface area contributed by atoms with E-state index in [2.05, 4.69) is 76.4 Å². The van der Waals surface area contributed by atoms with Crippen molar-refractivity contribution in [3.05, 3.63) is 57.6 Å². The summed E-state index contributed by atoms with van der Waals surface area (Å²) in [4.78, 5) is 0. The van der Waals surface area contributed by atoms with E-state index in [9.17, 15) is 0 Å². The largest absolute Gasteiger partial charge is 0.315 e. The van der Waals surface area contributed by atoms with E-state index >= 15 is 0 Å². The molecule has 2 heteroatoms. The molecule has 0 heterocycles. The molecular weight excluding hydrogens is 328 g/mol. The highest BCUT2D eigenvalue weighted by atomic mass is 14.9. The van der Waals surface area contributed by atoms with Crippen molar-refractivity contribution < 1.29 is 0 Å². The molecule has 3 rings (SSSR count). The third-order valence-electron chi connectivity index (χ3n) is 6.30. The van der Waals surface area contributed by atoms with Gasteiger partial charge in [0.05, 0.1) is 0 Å². The van der Waals surface area contributed by atoms with Crippen LogP contribution >= 0.6 is 0 Å². The summed E-state index contributed by atoms with van der Waals surface area (Å²) in [7, 11) is 0.